The molecular formula is C15H65P7. The second-order valence-corrected chi connectivity index (χ2v) is 0.707. The third-order valence-electron chi connectivity index (χ3n) is 0. The van der Waals surface area contributed by atoms with E-state index in [2.05, 4.69) is 13.8 Å². The van der Waals surface area contributed by atoms with Crippen LogP contribution < -0.4 is 0 Å². The van der Waals surface area contributed by atoms with Gasteiger partial charge in [0.1, 0.15) is 0 Å². The highest BCUT2D eigenvalue weighted by molar-refractivity contribution is 6.93. The van der Waals surface area contributed by atoms with Crippen LogP contribution in [0.3, 0.4) is 0 Å². The predicted octanol–water partition coefficient (Wildman–Crippen LogP) is 7.98. The largest absolute Gasteiger partial charge is 0.153 e. The van der Waals surface area contributed by atoms with Crippen LogP contribution in [0.15, 0.2) is 0 Å². The van der Waals surface area contributed by atoms with Gasteiger partial charge in [-0.2, -0.15) is 69.3 Å². The van der Waals surface area contributed by atoms with Crippen molar-refractivity contribution in [2.75, 3.05) is 0 Å². The van der Waals surface area contributed by atoms with E-state index in [1.807, 2.05) is 83.1 Å². The summed E-state index contributed by atoms with van der Waals surface area (Å²) in [6, 6.07) is 0. The molecule has 0 saturated carbocycles. The molecule has 7 unspecified atom stereocenters. The van der Waals surface area contributed by atoms with Crippen LogP contribution in [0.25, 0.3) is 0 Å². The Labute approximate surface area is 172 Å². The third kappa shape index (κ3) is 1230. The monoisotopic (exact) mass is 462 g/mol. The summed E-state index contributed by atoms with van der Waals surface area (Å²) in [6.45, 7) is 28.2. The van der Waals surface area contributed by atoms with E-state index in [-0.39, 0.29) is 69.3 Å². The molecule has 0 fully saturated rings. The molecule has 0 amide bonds. The fourth-order valence-electron chi connectivity index (χ4n) is 0. The van der Waals surface area contributed by atoms with E-state index >= 15 is 0 Å². The average molecular weight is 463 g/mol. The lowest BCUT2D eigenvalue weighted by molar-refractivity contribution is 1.09. The van der Waals surface area contributed by atoms with Crippen molar-refractivity contribution in [3.8, 4) is 0 Å². The lowest BCUT2D eigenvalue weighted by atomic mass is 10.6. The zero-order valence-electron chi connectivity index (χ0n) is 19.7. The molecule has 0 radical (unpaired) electrons. The molecule has 0 aromatic heterocycles. The van der Waals surface area contributed by atoms with Crippen molar-refractivity contribution in [3.05, 3.63) is 0 Å². The minimum atomic E-state index is 0. The first kappa shape index (κ1) is 119. The molecule has 0 N–H and O–H groups in total. The van der Waals surface area contributed by atoms with E-state index < -0.39 is 0 Å². The molecule has 22 heavy (non-hydrogen) atoms. The van der Waals surface area contributed by atoms with Crippen molar-refractivity contribution in [3.63, 3.8) is 0 Å². The lowest BCUT2D eigenvalue weighted by Crippen LogP contribution is -1.27. The summed E-state index contributed by atoms with van der Waals surface area (Å²) in [4.78, 5) is 0. The summed E-state index contributed by atoms with van der Waals surface area (Å²) in [5, 5.41) is 0. The maximum atomic E-state index is 2.12. The predicted molar refractivity (Wildman–Crippen MR) is 162 cm³/mol. The zero-order valence-corrected chi connectivity index (χ0v) is 29.6. The third-order valence-corrected chi connectivity index (χ3v) is 0. The first-order valence-electron chi connectivity index (χ1n) is 7.41. The van der Waals surface area contributed by atoms with Crippen LogP contribution in [0.1, 0.15) is 103 Å². The second kappa shape index (κ2) is 791. The van der Waals surface area contributed by atoms with E-state index in [0.29, 0.717) is 0 Å². The minimum absolute atomic E-state index is 0. The highest BCUT2D eigenvalue weighted by Crippen LogP contribution is 1.56. The van der Waals surface area contributed by atoms with Gasteiger partial charge in [0, 0.05) is 0 Å². The average Bonchev–Trinajstić information content (AvgIpc) is 2.44. The molecule has 0 aliphatic heterocycles. The van der Waals surface area contributed by atoms with Crippen LogP contribution in [-0.2, 0) is 0 Å². The summed E-state index contributed by atoms with van der Waals surface area (Å²) in [6.07, 6.45) is 1.25. The van der Waals surface area contributed by atoms with Gasteiger partial charge in [0.2, 0.25) is 0 Å². The minimum Gasteiger partial charge on any atom is -0.153 e. The first-order chi connectivity index (χ1) is 7.41. The van der Waals surface area contributed by atoms with Gasteiger partial charge in [-0.25, -0.2) is 0 Å². The molecule has 0 rings (SSSR count). The van der Waals surface area contributed by atoms with E-state index in [1.54, 1.807) is 0 Å². The molecule has 0 nitrogen and oxygen atoms in total. The smallest absolute Gasteiger partial charge is 0.0590 e. The molecule has 0 aliphatic rings. The Balaban J connectivity index is -0.00000000270. The van der Waals surface area contributed by atoms with Gasteiger partial charge in [-0.1, -0.05) is 103 Å². The van der Waals surface area contributed by atoms with Gasteiger partial charge in [-0.05, 0) is 0 Å². The van der Waals surface area contributed by atoms with Crippen LogP contribution >= 0.6 is 69.3 Å². The van der Waals surface area contributed by atoms with Crippen molar-refractivity contribution in [1.82, 2.24) is 0 Å². The Morgan fingerprint density at radius 1 is 0.273 bits per heavy atom. The summed E-state index contributed by atoms with van der Waals surface area (Å²) < 4.78 is 0. The van der Waals surface area contributed by atoms with Crippen LogP contribution in [0.5, 0.6) is 0 Å². The van der Waals surface area contributed by atoms with Crippen molar-refractivity contribution in [2.45, 2.75) is 103 Å². The topological polar surface area (TPSA) is 0 Å². The van der Waals surface area contributed by atoms with Crippen LogP contribution in [-0.4, -0.2) is 0 Å². The molecule has 7 atom stereocenters. The fraction of sp³-hybridized carbons (Fsp3) is 1.00. The van der Waals surface area contributed by atoms with Gasteiger partial charge < -0.3 is 0 Å². The van der Waals surface area contributed by atoms with Gasteiger partial charge in [-0.15, -0.1) is 0 Å². The van der Waals surface area contributed by atoms with Crippen LogP contribution in [0, 0.1) is 0 Å². The maximum absolute atomic E-state index is 2.12. The van der Waals surface area contributed by atoms with Crippen molar-refractivity contribution >= 4 is 69.3 Å². The summed E-state index contributed by atoms with van der Waals surface area (Å²) in [5.74, 6) is 0. The molecule has 0 saturated heterocycles. The summed E-state index contributed by atoms with van der Waals surface area (Å²) >= 11 is 0. The Bertz CT molecular complexity index is 19.9. The summed E-state index contributed by atoms with van der Waals surface area (Å²) in [7, 11) is 0. The number of hydrogen-bond donors (Lipinski definition) is 0. The molecule has 0 aliphatic carbocycles. The van der Waals surface area contributed by atoms with Gasteiger partial charge in [-0.3, -0.25) is 0 Å². The van der Waals surface area contributed by atoms with E-state index in [4.69, 9.17) is 0 Å². The lowest BCUT2D eigenvalue weighted by Gasteiger charge is -1.48. The first-order valence-corrected chi connectivity index (χ1v) is 7.41. The van der Waals surface area contributed by atoms with Crippen molar-refractivity contribution in [2.24, 2.45) is 0 Å². The quantitative estimate of drug-likeness (QED) is 0.320. The van der Waals surface area contributed by atoms with Crippen LogP contribution in [0.4, 0.5) is 0 Å². The van der Waals surface area contributed by atoms with Crippen molar-refractivity contribution < 1.29 is 0 Å². The van der Waals surface area contributed by atoms with Gasteiger partial charge in [0.25, 0.3) is 0 Å². The number of rotatable bonds is 0. The Morgan fingerprint density at radius 3 is 0.273 bits per heavy atom. The van der Waals surface area contributed by atoms with Gasteiger partial charge in [0.15, 0.2) is 0 Å². The van der Waals surface area contributed by atoms with E-state index in [0.717, 1.165) is 0 Å². The highest BCUT2D eigenvalue weighted by atomic mass is 31.0. The molecule has 0 aromatic rings. The molecule has 0 heterocycles. The Kier molecular flexibility index (Phi) is 4270. The number of hydrogen-bond acceptors (Lipinski definition) is 0. The highest BCUT2D eigenvalue weighted by Gasteiger charge is 1.35. The molecule has 0 spiro atoms. The maximum Gasteiger partial charge on any atom is -0.0590 e. The molecule has 160 valence electrons. The van der Waals surface area contributed by atoms with Crippen LogP contribution in [0.2, 0.25) is 0 Å². The molecular weight excluding hydrogens is 397 g/mol. The van der Waals surface area contributed by atoms with Crippen molar-refractivity contribution in [1.29, 1.82) is 0 Å². The van der Waals surface area contributed by atoms with E-state index in [1.165, 1.54) is 6.42 Å². The Morgan fingerprint density at radius 2 is 0.273 bits per heavy atom. The fourth-order valence-corrected chi connectivity index (χ4v) is 0. The zero-order chi connectivity index (χ0) is 14.7. The second-order valence-electron chi connectivity index (χ2n) is 0.707. The van der Waals surface area contributed by atoms with Gasteiger partial charge in [0.05, 0.1) is 0 Å². The normalized spacial score (nSPS) is 2.45. The summed E-state index contributed by atoms with van der Waals surface area (Å²) in [5.41, 5.74) is 0. The Hall–Kier alpha value is 3.01. The molecule has 7 heteroatoms. The molecule has 0 bridgehead atoms. The van der Waals surface area contributed by atoms with E-state index in [9.17, 15) is 0 Å². The SMILES string of the molecule is CC.CC.CC.CC.CC.CC.CCC.P.P.P.P.P.P.P. The van der Waals surface area contributed by atoms with Gasteiger partial charge >= 0.3 is 0 Å². The molecule has 0 aromatic carbocycles. The standard InChI is InChI=1S/C3H8.6C2H6.7H3P/c1-3-2;6*1-2;;;;;;;/h3H2,1-2H3;6*1-2H3;7*1H3.